The van der Waals surface area contributed by atoms with Gasteiger partial charge in [-0.15, -0.1) is 0 Å². The average molecular weight is 224 g/mol. The summed E-state index contributed by atoms with van der Waals surface area (Å²) in [7, 11) is 0. The van der Waals surface area contributed by atoms with E-state index in [1.807, 2.05) is 6.07 Å². The van der Waals surface area contributed by atoms with E-state index in [4.69, 9.17) is 34.8 Å². The van der Waals surface area contributed by atoms with Crippen molar-refractivity contribution in [3.05, 3.63) is 32.8 Å². The molecule has 0 fully saturated rings. The van der Waals surface area contributed by atoms with Crippen LogP contribution in [0.4, 0.5) is 0 Å². The van der Waals surface area contributed by atoms with Crippen LogP contribution in [-0.2, 0) is 6.42 Å². The topological polar surface area (TPSA) is 0 Å². The van der Waals surface area contributed by atoms with Gasteiger partial charge in [0.15, 0.2) is 0 Å². The zero-order valence-corrected chi connectivity index (χ0v) is 8.97. The van der Waals surface area contributed by atoms with E-state index in [1.165, 1.54) is 0 Å². The molecule has 1 rings (SSSR count). The fourth-order valence-corrected chi connectivity index (χ4v) is 1.68. The molecule has 0 aromatic heterocycles. The van der Waals surface area contributed by atoms with Crippen molar-refractivity contribution in [1.82, 2.24) is 0 Å². The largest absolute Gasteiger partial charge is 0.0827 e. The normalized spacial score (nSPS) is 10.3. The highest BCUT2D eigenvalue weighted by atomic mass is 35.5. The Balaban J connectivity index is 3.08. The van der Waals surface area contributed by atoms with E-state index in [0.717, 1.165) is 18.4 Å². The summed E-state index contributed by atoms with van der Waals surface area (Å²) in [4.78, 5) is 0. The van der Waals surface area contributed by atoms with Gasteiger partial charge in [-0.2, -0.15) is 0 Å². The van der Waals surface area contributed by atoms with Crippen LogP contribution in [0.2, 0.25) is 15.1 Å². The molecule has 0 nitrogen and oxygen atoms in total. The maximum absolute atomic E-state index is 5.96. The van der Waals surface area contributed by atoms with E-state index in [9.17, 15) is 0 Å². The molecule has 0 heterocycles. The fourth-order valence-electron chi connectivity index (χ4n) is 1.03. The van der Waals surface area contributed by atoms with Gasteiger partial charge in [-0.05, 0) is 18.1 Å². The molecule has 0 aliphatic heterocycles. The van der Waals surface area contributed by atoms with Gasteiger partial charge in [0, 0.05) is 0 Å². The molecule has 0 amide bonds. The summed E-state index contributed by atoms with van der Waals surface area (Å²) in [5.41, 5.74) is 1.06. The smallest absolute Gasteiger partial charge is 0.0781 e. The van der Waals surface area contributed by atoms with Crippen molar-refractivity contribution in [2.75, 3.05) is 0 Å². The van der Waals surface area contributed by atoms with Crippen molar-refractivity contribution in [2.45, 2.75) is 19.8 Å². The summed E-state index contributed by atoms with van der Waals surface area (Å²) in [5, 5.41) is 1.57. The van der Waals surface area contributed by atoms with Crippen molar-refractivity contribution < 1.29 is 0 Å². The molecule has 0 N–H and O–H groups in total. The molecule has 1 aromatic carbocycles. The number of benzene rings is 1. The summed E-state index contributed by atoms with van der Waals surface area (Å²) in [6, 6.07) is 3.70. The van der Waals surface area contributed by atoms with Gasteiger partial charge in [0.1, 0.15) is 0 Å². The lowest BCUT2D eigenvalue weighted by Gasteiger charge is -2.04. The van der Waals surface area contributed by atoms with E-state index in [1.54, 1.807) is 6.07 Å². The number of hydrogen-bond donors (Lipinski definition) is 0. The van der Waals surface area contributed by atoms with Gasteiger partial charge in [-0.1, -0.05) is 54.2 Å². The monoisotopic (exact) mass is 222 g/mol. The van der Waals surface area contributed by atoms with Gasteiger partial charge in [-0.3, -0.25) is 0 Å². The third-order valence-electron chi connectivity index (χ3n) is 1.63. The molecule has 0 unspecified atom stereocenters. The average Bonchev–Trinajstić information content (AvgIpc) is 2.07. The van der Waals surface area contributed by atoms with Crippen LogP contribution in [0.5, 0.6) is 0 Å². The zero-order valence-electron chi connectivity index (χ0n) is 6.70. The third kappa shape index (κ3) is 2.07. The van der Waals surface area contributed by atoms with Gasteiger partial charge in [0.25, 0.3) is 0 Å². The summed E-state index contributed by atoms with van der Waals surface area (Å²) in [5.74, 6) is 0. The Morgan fingerprint density at radius 2 is 1.75 bits per heavy atom. The standard InChI is InChI=1S/C9H9Cl3/c1-2-3-6-4-5-7(10)9(12)8(6)11/h4-5H,2-3H2,1H3. The van der Waals surface area contributed by atoms with Crippen molar-refractivity contribution in [2.24, 2.45) is 0 Å². The molecule has 0 saturated heterocycles. The fraction of sp³-hybridized carbons (Fsp3) is 0.333. The van der Waals surface area contributed by atoms with Gasteiger partial charge >= 0.3 is 0 Å². The predicted octanol–water partition coefficient (Wildman–Crippen LogP) is 4.60. The van der Waals surface area contributed by atoms with Crippen LogP contribution in [-0.4, -0.2) is 0 Å². The zero-order chi connectivity index (χ0) is 9.14. The molecule has 0 saturated carbocycles. The first-order valence-electron chi connectivity index (χ1n) is 3.79. The Kier molecular flexibility index (Phi) is 3.70. The first-order chi connectivity index (χ1) is 5.66. The van der Waals surface area contributed by atoms with Crippen molar-refractivity contribution in [3.63, 3.8) is 0 Å². The minimum Gasteiger partial charge on any atom is -0.0827 e. The van der Waals surface area contributed by atoms with Crippen LogP contribution < -0.4 is 0 Å². The Morgan fingerprint density at radius 3 is 2.33 bits per heavy atom. The second-order valence-corrected chi connectivity index (χ2v) is 3.75. The van der Waals surface area contributed by atoms with Crippen molar-refractivity contribution >= 4 is 34.8 Å². The van der Waals surface area contributed by atoms with Crippen molar-refractivity contribution in [1.29, 1.82) is 0 Å². The SMILES string of the molecule is CCCc1ccc(Cl)c(Cl)c1Cl. The van der Waals surface area contributed by atoms with E-state index in [-0.39, 0.29) is 0 Å². The van der Waals surface area contributed by atoms with E-state index in [2.05, 4.69) is 6.92 Å². The van der Waals surface area contributed by atoms with E-state index < -0.39 is 0 Å². The highest BCUT2D eigenvalue weighted by molar-refractivity contribution is 6.48. The Bertz CT molecular complexity index is 281. The molecule has 0 bridgehead atoms. The maximum Gasteiger partial charge on any atom is 0.0781 e. The molecule has 12 heavy (non-hydrogen) atoms. The number of hydrogen-bond acceptors (Lipinski definition) is 0. The summed E-state index contributed by atoms with van der Waals surface area (Å²) < 4.78 is 0. The van der Waals surface area contributed by atoms with Crippen LogP contribution >= 0.6 is 34.8 Å². The van der Waals surface area contributed by atoms with Gasteiger partial charge in [0.2, 0.25) is 0 Å². The molecule has 0 spiro atoms. The first kappa shape index (κ1) is 10.2. The number of halogens is 3. The number of rotatable bonds is 2. The van der Waals surface area contributed by atoms with Crippen LogP contribution in [0.1, 0.15) is 18.9 Å². The lowest BCUT2D eigenvalue weighted by Crippen LogP contribution is -1.85. The molecule has 66 valence electrons. The second-order valence-electron chi connectivity index (χ2n) is 2.58. The predicted molar refractivity (Wildman–Crippen MR) is 55.5 cm³/mol. The van der Waals surface area contributed by atoms with E-state index >= 15 is 0 Å². The molecule has 0 aliphatic rings. The van der Waals surface area contributed by atoms with Gasteiger partial charge in [-0.25, -0.2) is 0 Å². The summed E-state index contributed by atoms with van der Waals surface area (Å²) in [6.07, 6.45) is 1.99. The molecule has 0 aliphatic carbocycles. The first-order valence-corrected chi connectivity index (χ1v) is 4.92. The maximum atomic E-state index is 5.96. The highest BCUT2D eigenvalue weighted by Crippen LogP contribution is 2.32. The van der Waals surface area contributed by atoms with Crippen LogP contribution in [0.3, 0.4) is 0 Å². The van der Waals surface area contributed by atoms with Crippen molar-refractivity contribution in [3.8, 4) is 0 Å². The third-order valence-corrected chi connectivity index (χ3v) is 2.97. The second kappa shape index (κ2) is 4.36. The van der Waals surface area contributed by atoms with Gasteiger partial charge in [0.05, 0.1) is 15.1 Å². The Hall–Kier alpha value is 0.0900. The van der Waals surface area contributed by atoms with Crippen LogP contribution in [0.15, 0.2) is 12.1 Å². The van der Waals surface area contributed by atoms with Crippen LogP contribution in [0.25, 0.3) is 0 Å². The molecule has 0 radical (unpaired) electrons. The van der Waals surface area contributed by atoms with Gasteiger partial charge < -0.3 is 0 Å². The molecule has 3 heteroatoms. The molecular weight excluding hydrogens is 214 g/mol. The van der Waals surface area contributed by atoms with E-state index in [0.29, 0.717) is 15.1 Å². The lowest BCUT2D eigenvalue weighted by molar-refractivity contribution is 0.922. The minimum absolute atomic E-state index is 0.462. The summed E-state index contributed by atoms with van der Waals surface area (Å²) in [6.45, 7) is 2.10. The molecular formula is C9H9Cl3. The Morgan fingerprint density at radius 1 is 1.08 bits per heavy atom. The van der Waals surface area contributed by atoms with Crippen LogP contribution in [0, 0.1) is 0 Å². The molecule has 0 atom stereocenters. The quantitative estimate of drug-likeness (QED) is 0.643. The lowest BCUT2D eigenvalue weighted by atomic mass is 10.1. The minimum atomic E-state index is 0.462. The summed E-state index contributed by atoms with van der Waals surface area (Å²) >= 11 is 17.6. The highest BCUT2D eigenvalue weighted by Gasteiger charge is 2.06. The molecule has 1 aromatic rings. The number of aryl methyl sites for hydroxylation is 1. The Labute approximate surface area is 87.4 Å².